The van der Waals surface area contributed by atoms with E-state index in [1.54, 1.807) is 0 Å². The van der Waals surface area contributed by atoms with Crippen molar-refractivity contribution in [3.05, 3.63) is 11.5 Å². The van der Waals surface area contributed by atoms with Gasteiger partial charge >= 0.3 is 0 Å². The van der Waals surface area contributed by atoms with E-state index < -0.39 is 24.0 Å². The van der Waals surface area contributed by atoms with Crippen LogP contribution < -0.4 is 0 Å². The minimum absolute atomic E-state index is 0.0467. The fourth-order valence-corrected chi connectivity index (χ4v) is 1.30. The maximum Gasteiger partial charge on any atom is 0.261 e. The van der Waals surface area contributed by atoms with Crippen LogP contribution in [0.3, 0.4) is 0 Å². The van der Waals surface area contributed by atoms with Gasteiger partial charge in [0, 0.05) is 18.8 Å². The molecular formula is C6H6ClF3N2O. The van der Waals surface area contributed by atoms with E-state index >= 15 is 0 Å². The summed E-state index contributed by atoms with van der Waals surface area (Å²) in [5.41, 5.74) is -0.632. The van der Waals surface area contributed by atoms with Crippen LogP contribution >= 0.6 is 11.8 Å². The maximum atomic E-state index is 13.0. The lowest BCUT2D eigenvalue weighted by molar-refractivity contribution is -0.105. The average Bonchev–Trinajstić information content (AvgIpc) is 2.29. The summed E-state index contributed by atoms with van der Waals surface area (Å²) in [6, 6.07) is -1.70. The molecule has 0 radical (unpaired) electrons. The van der Waals surface area contributed by atoms with Crippen LogP contribution in [0.2, 0.25) is 0 Å². The van der Waals surface area contributed by atoms with Gasteiger partial charge in [-0.15, -0.1) is 4.53 Å². The Labute approximate surface area is 77.4 Å². The molecule has 0 aliphatic carbocycles. The Morgan fingerprint density at radius 3 is 2.46 bits per heavy atom. The normalized spacial score (nSPS) is 24.8. The lowest BCUT2D eigenvalue weighted by Gasteiger charge is -2.22. The lowest BCUT2D eigenvalue weighted by atomic mass is 10.1. The second-order valence-corrected chi connectivity index (χ2v) is 2.80. The van der Waals surface area contributed by atoms with E-state index in [2.05, 4.69) is 0 Å². The number of aldehydes is 1. The molecule has 0 aromatic carbocycles. The summed E-state index contributed by atoms with van der Waals surface area (Å²) in [7, 11) is 1.15. The zero-order chi connectivity index (χ0) is 10.2. The number of halogens is 4. The van der Waals surface area contributed by atoms with Crippen molar-refractivity contribution in [1.82, 2.24) is 9.54 Å². The Morgan fingerprint density at radius 1 is 1.62 bits per heavy atom. The first kappa shape index (κ1) is 10.3. The summed E-state index contributed by atoms with van der Waals surface area (Å²) in [5.74, 6) is -1.05. The number of carbonyl (C=O) groups excluding carboxylic acids is 1. The van der Waals surface area contributed by atoms with E-state index in [0.29, 0.717) is 9.54 Å². The topological polar surface area (TPSA) is 23.6 Å². The standard InChI is InChI=1S/C6H6ClF3N2O/c1-11-6(10)3(2-13)4(5(8)9)12(11)7/h2,4-5H,1H3. The lowest BCUT2D eigenvalue weighted by Crippen LogP contribution is -2.37. The van der Waals surface area contributed by atoms with E-state index in [1.165, 1.54) is 0 Å². The quantitative estimate of drug-likeness (QED) is 0.394. The van der Waals surface area contributed by atoms with E-state index in [-0.39, 0.29) is 6.29 Å². The summed E-state index contributed by atoms with van der Waals surface area (Å²) in [6.07, 6.45) is -2.86. The number of hydrazine groups is 1. The molecule has 74 valence electrons. The fourth-order valence-electron chi connectivity index (χ4n) is 1.04. The van der Waals surface area contributed by atoms with Gasteiger partial charge < -0.3 is 0 Å². The van der Waals surface area contributed by atoms with Crippen molar-refractivity contribution in [3.8, 4) is 0 Å². The van der Waals surface area contributed by atoms with Crippen molar-refractivity contribution in [3.63, 3.8) is 0 Å². The van der Waals surface area contributed by atoms with E-state index in [0.717, 1.165) is 7.05 Å². The minimum atomic E-state index is -2.91. The van der Waals surface area contributed by atoms with Crippen LogP contribution in [-0.2, 0) is 4.79 Å². The van der Waals surface area contributed by atoms with Gasteiger partial charge in [-0.1, -0.05) is 0 Å². The molecule has 7 heteroatoms. The molecule has 13 heavy (non-hydrogen) atoms. The smallest absolute Gasteiger partial charge is 0.261 e. The van der Waals surface area contributed by atoms with Gasteiger partial charge in [-0.25, -0.2) is 8.78 Å². The molecule has 1 rings (SSSR count). The molecule has 0 fully saturated rings. The Balaban J connectivity index is 3.03. The molecule has 0 saturated heterocycles. The monoisotopic (exact) mass is 214 g/mol. The third kappa shape index (κ3) is 1.51. The van der Waals surface area contributed by atoms with Crippen molar-refractivity contribution < 1.29 is 18.0 Å². The highest BCUT2D eigenvalue weighted by molar-refractivity contribution is 6.14. The number of nitrogens with zero attached hydrogens (tertiary/aromatic N) is 2. The van der Waals surface area contributed by atoms with Crippen LogP contribution in [0.4, 0.5) is 13.2 Å². The second-order valence-electron chi connectivity index (χ2n) is 2.46. The molecule has 1 atom stereocenters. The van der Waals surface area contributed by atoms with Crippen LogP contribution in [0.15, 0.2) is 11.5 Å². The van der Waals surface area contributed by atoms with Crippen LogP contribution in [0.5, 0.6) is 0 Å². The van der Waals surface area contributed by atoms with E-state index in [9.17, 15) is 18.0 Å². The van der Waals surface area contributed by atoms with Crippen molar-refractivity contribution in [2.45, 2.75) is 12.5 Å². The largest absolute Gasteiger partial charge is 0.298 e. The van der Waals surface area contributed by atoms with E-state index in [1.807, 2.05) is 0 Å². The average molecular weight is 215 g/mol. The van der Waals surface area contributed by atoms with Gasteiger partial charge in [0.05, 0.1) is 5.57 Å². The molecule has 0 amide bonds. The van der Waals surface area contributed by atoms with Gasteiger partial charge in [0.1, 0.15) is 6.04 Å². The highest BCUT2D eigenvalue weighted by atomic mass is 35.5. The number of hydrogen-bond donors (Lipinski definition) is 0. The predicted molar refractivity (Wildman–Crippen MR) is 39.4 cm³/mol. The molecule has 0 aromatic rings. The van der Waals surface area contributed by atoms with Crippen molar-refractivity contribution in [2.24, 2.45) is 0 Å². The molecule has 1 heterocycles. The molecule has 0 N–H and O–H groups in total. The van der Waals surface area contributed by atoms with Gasteiger partial charge in [0.25, 0.3) is 6.43 Å². The highest BCUT2D eigenvalue weighted by Crippen LogP contribution is 2.32. The Hall–Kier alpha value is -0.750. The van der Waals surface area contributed by atoms with Gasteiger partial charge in [0.15, 0.2) is 6.29 Å². The third-order valence-corrected chi connectivity index (χ3v) is 2.16. The second kappa shape index (κ2) is 3.55. The predicted octanol–water partition coefficient (Wildman–Crippen LogP) is 1.32. The molecule has 0 aromatic heterocycles. The molecule has 0 saturated carbocycles. The minimum Gasteiger partial charge on any atom is -0.298 e. The first-order valence-corrected chi connectivity index (χ1v) is 3.66. The van der Waals surface area contributed by atoms with Crippen LogP contribution in [0, 0.1) is 0 Å². The van der Waals surface area contributed by atoms with Gasteiger partial charge in [0.2, 0.25) is 5.95 Å². The summed E-state index contributed by atoms with van der Waals surface area (Å²) in [6.45, 7) is 0. The molecule has 3 nitrogen and oxygen atoms in total. The van der Waals surface area contributed by atoms with Gasteiger partial charge in [-0.3, -0.25) is 9.80 Å². The highest BCUT2D eigenvalue weighted by Gasteiger charge is 2.42. The Bertz CT molecular complexity index is 258. The van der Waals surface area contributed by atoms with Crippen LogP contribution in [0.25, 0.3) is 0 Å². The van der Waals surface area contributed by atoms with Gasteiger partial charge in [-0.05, 0) is 0 Å². The number of rotatable bonds is 2. The third-order valence-electron chi connectivity index (χ3n) is 1.72. The Morgan fingerprint density at radius 2 is 2.15 bits per heavy atom. The van der Waals surface area contributed by atoms with Crippen molar-refractivity contribution in [2.75, 3.05) is 7.05 Å². The zero-order valence-corrected chi connectivity index (χ0v) is 7.30. The molecular weight excluding hydrogens is 209 g/mol. The van der Waals surface area contributed by atoms with Gasteiger partial charge in [-0.2, -0.15) is 4.39 Å². The Kier molecular flexibility index (Phi) is 2.82. The number of carbonyl (C=O) groups is 1. The van der Waals surface area contributed by atoms with Crippen molar-refractivity contribution >= 4 is 18.1 Å². The molecule has 1 unspecified atom stereocenters. The summed E-state index contributed by atoms with van der Waals surface area (Å²) in [4.78, 5) is 10.3. The first-order valence-electron chi connectivity index (χ1n) is 3.32. The number of alkyl halides is 2. The fraction of sp³-hybridized carbons (Fsp3) is 0.500. The zero-order valence-electron chi connectivity index (χ0n) is 6.55. The SMILES string of the molecule is CN1C(F)=C(C=O)C(C(F)F)N1Cl. The summed E-state index contributed by atoms with van der Waals surface area (Å²) in [5, 5.41) is 0.655. The first-order chi connectivity index (χ1) is 6.00. The van der Waals surface area contributed by atoms with Crippen molar-refractivity contribution in [1.29, 1.82) is 0 Å². The molecule has 1 aliphatic heterocycles. The van der Waals surface area contributed by atoms with Crippen LogP contribution in [-0.4, -0.2) is 35.3 Å². The summed E-state index contributed by atoms with van der Waals surface area (Å²) < 4.78 is 37.9. The summed E-state index contributed by atoms with van der Waals surface area (Å²) >= 11 is 5.33. The molecule has 1 aliphatic rings. The number of hydrogen-bond acceptors (Lipinski definition) is 3. The maximum absolute atomic E-state index is 13.0. The molecule has 0 bridgehead atoms. The molecule has 0 spiro atoms. The van der Waals surface area contributed by atoms with Crippen LogP contribution in [0.1, 0.15) is 0 Å². The van der Waals surface area contributed by atoms with E-state index in [4.69, 9.17) is 11.8 Å².